The summed E-state index contributed by atoms with van der Waals surface area (Å²) in [5.74, 6) is -1.95. The maximum Gasteiger partial charge on any atom is 0.334 e. The van der Waals surface area contributed by atoms with Crippen molar-refractivity contribution in [2.45, 2.75) is 51.9 Å². The zero-order chi connectivity index (χ0) is 19.4. The van der Waals surface area contributed by atoms with Crippen LogP contribution in [-0.4, -0.2) is 43.6 Å². The van der Waals surface area contributed by atoms with Crippen LogP contribution in [0.25, 0.3) is 0 Å². The van der Waals surface area contributed by atoms with Crippen molar-refractivity contribution in [2.75, 3.05) is 7.11 Å². The highest BCUT2D eigenvalue weighted by Crippen LogP contribution is 2.37. The molecule has 6 nitrogen and oxygen atoms in total. The van der Waals surface area contributed by atoms with Crippen LogP contribution in [0.4, 0.5) is 0 Å². The molecule has 142 valence electrons. The van der Waals surface area contributed by atoms with Gasteiger partial charge in [0, 0.05) is 18.3 Å². The van der Waals surface area contributed by atoms with Crippen LogP contribution in [-0.2, 0) is 28.6 Å². The third-order valence-electron chi connectivity index (χ3n) is 4.72. The van der Waals surface area contributed by atoms with Crippen molar-refractivity contribution < 1.29 is 28.6 Å². The molecule has 2 rings (SSSR count). The number of esters is 2. The third kappa shape index (κ3) is 4.12. The number of aldehydes is 1. The lowest BCUT2D eigenvalue weighted by Gasteiger charge is -2.33. The van der Waals surface area contributed by atoms with E-state index < -0.39 is 36.2 Å². The van der Waals surface area contributed by atoms with Gasteiger partial charge in [-0.15, -0.1) is 0 Å². The Morgan fingerprint density at radius 1 is 1.42 bits per heavy atom. The lowest BCUT2D eigenvalue weighted by molar-refractivity contribution is -0.163. The fraction of sp³-hybridized carbons (Fsp3) is 0.550. The van der Waals surface area contributed by atoms with Crippen molar-refractivity contribution in [1.29, 1.82) is 0 Å². The fourth-order valence-electron chi connectivity index (χ4n) is 3.24. The van der Waals surface area contributed by atoms with Crippen molar-refractivity contribution in [2.24, 2.45) is 11.8 Å². The van der Waals surface area contributed by atoms with Gasteiger partial charge in [0.05, 0.1) is 11.8 Å². The van der Waals surface area contributed by atoms with Gasteiger partial charge >= 0.3 is 11.9 Å². The van der Waals surface area contributed by atoms with Crippen LogP contribution in [0, 0.1) is 11.8 Å². The van der Waals surface area contributed by atoms with Gasteiger partial charge in [0.15, 0.2) is 0 Å². The van der Waals surface area contributed by atoms with Crippen LogP contribution < -0.4 is 0 Å². The maximum atomic E-state index is 12.3. The number of carbonyl (C=O) groups is 3. The van der Waals surface area contributed by atoms with E-state index in [1.54, 1.807) is 19.9 Å². The Bertz CT molecular complexity index is 657. The Balaban J connectivity index is 2.55. The van der Waals surface area contributed by atoms with Gasteiger partial charge < -0.3 is 14.2 Å². The monoisotopic (exact) mass is 362 g/mol. The summed E-state index contributed by atoms with van der Waals surface area (Å²) in [7, 11) is 1.44. The quantitative estimate of drug-likeness (QED) is 0.331. The van der Waals surface area contributed by atoms with Gasteiger partial charge in [-0.05, 0) is 25.8 Å². The number of allylic oxidation sites excluding steroid dienone is 2. The number of ether oxygens (including phenoxy) is 3. The summed E-state index contributed by atoms with van der Waals surface area (Å²) in [5, 5.41) is 0. The molecule has 1 saturated heterocycles. The van der Waals surface area contributed by atoms with E-state index in [0.29, 0.717) is 18.3 Å². The predicted molar refractivity (Wildman–Crippen MR) is 95.2 cm³/mol. The summed E-state index contributed by atoms with van der Waals surface area (Å²) >= 11 is 0. The van der Waals surface area contributed by atoms with Crippen LogP contribution in [0.2, 0.25) is 0 Å². The minimum absolute atomic E-state index is 0.216. The van der Waals surface area contributed by atoms with Crippen LogP contribution in [0.3, 0.4) is 0 Å². The van der Waals surface area contributed by atoms with Gasteiger partial charge in [-0.2, -0.15) is 0 Å². The fourth-order valence-corrected chi connectivity index (χ4v) is 3.24. The molecule has 0 unspecified atom stereocenters. The van der Waals surface area contributed by atoms with E-state index in [1.165, 1.54) is 7.11 Å². The largest absolute Gasteiger partial charge is 0.458 e. The molecule has 6 heteroatoms. The van der Waals surface area contributed by atoms with Crippen LogP contribution in [0.5, 0.6) is 0 Å². The van der Waals surface area contributed by atoms with Gasteiger partial charge in [0.1, 0.15) is 24.6 Å². The van der Waals surface area contributed by atoms with E-state index in [9.17, 15) is 14.4 Å². The maximum absolute atomic E-state index is 12.3. The highest BCUT2D eigenvalue weighted by Gasteiger charge is 2.48. The summed E-state index contributed by atoms with van der Waals surface area (Å²) in [6.45, 7) is 9.20. The molecular formula is C20H26O6. The zero-order valence-corrected chi connectivity index (χ0v) is 15.7. The number of rotatable bonds is 4. The second kappa shape index (κ2) is 8.45. The molecule has 1 aliphatic heterocycles. The summed E-state index contributed by atoms with van der Waals surface area (Å²) in [6.07, 6.45) is 3.41. The standard InChI is InChI=1S/C20H26O6/c1-11(2)19(22)26-18-16-13(4)20(23)25-15(16)9-12(3)7-6-8-14(10-21)17(18)24-5/h8-11,15-18H,4,6-7H2,1-3,5H3/b12-9+,14-8-/t15-,16+,17+,18+/m1/s1. The predicted octanol–water partition coefficient (Wildman–Crippen LogP) is 2.53. The Kier molecular flexibility index (Phi) is 6.53. The van der Waals surface area contributed by atoms with Crippen molar-refractivity contribution in [1.82, 2.24) is 0 Å². The minimum Gasteiger partial charge on any atom is -0.458 e. The molecule has 1 fully saturated rings. The molecule has 26 heavy (non-hydrogen) atoms. The molecule has 0 amide bonds. The molecule has 0 N–H and O–H groups in total. The molecule has 2 aliphatic rings. The first-order valence-corrected chi connectivity index (χ1v) is 8.75. The van der Waals surface area contributed by atoms with Gasteiger partial charge in [0.25, 0.3) is 0 Å². The minimum atomic E-state index is -0.891. The SMILES string of the molecule is C=C1C(=O)O[C@@H]2/C=C(\C)CC/C=C(/C=O)[C@H](OC)[C@@H](OC(=O)C(C)C)[C@@H]12. The molecule has 0 aromatic carbocycles. The highest BCUT2D eigenvalue weighted by molar-refractivity contribution is 5.91. The van der Waals surface area contributed by atoms with Crippen LogP contribution in [0.1, 0.15) is 33.6 Å². The summed E-state index contributed by atoms with van der Waals surface area (Å²) in [6, 6.07) is 0. The Morgan fingerprint density at radius 2 is 2.12 bits per heavy atom. The Hall–Kier alpha value is -2.21. The van der Waals surface area contributed by atoms with Gasteiger partial charge in [0.2, 0.25) is 0 Å². The Morgan fingerprint density at radius 3 is 2.69 bits per heavy atom. The highest BCUT2D eigenvalue weighted by atomic mass is 16.6. The Labute approximate surface area is 153 Å². The van der Waals surface area contributed by atoms with Gasteiger partial charge in [-0.25, -0.2) is 4.79 Å². The van der Waals surface area contributed by atoms with E-state index in [-0.39, 0.29) is 11.5 Å². The molecule has 0 saturated carbocycles. The first-order chi connectivity index (χ1) is 12.3. The van der Waals surface area contributed by atoms with E-state index in [4.69, 9.17) is 14.2 Å². The molecule has 0 spiro atoms. The smallest absolute Gasteiger partial charge is 0.334 e. The lowest BCUT2D eigenvalue weighted by atomic mass is 9.83. The van der Waals surface area contributed by atoms with E-state index in [0.717, 1.165) is 12.0 Å². The summed E-state index contributed by atoms with van der Waals surface area (Å²) in [5.41, 5.74) is 1.62. The molecular weight excluding hydrogens is 336 g/mol. The molecule has 0 aromatic heterocycles. The number of hydrogen-bond acceptors (Lipinski definition) is 6. The lowest BCUT2D eigenvalue weighted by Crippen LogP contribution is -2.44. The van der Waals surface area contributed by atoms with Crippen molar-refractivity contribution in [3.8, 4) is 0 Å². The topological polar surface area (TPSA) is 78.9 Å². The summed E-state index contributed by atoms with van der Waals surface area (Å²) in [4.78, 5) is 36.1. The second-order valence-corrected chi connectivity index (χ2v) is 7.01. The van der Waals surface area contributed by atoms with Crippen LogP contribution in [0.15, 0.2) is 35.5 Å². The second-order valence-electron chi connectivity index (χ2n) is 7.01. The first-order valence-electron chi connectivity index (χ1n) is 8.75. The van der Waals surface area contributed by atoms with E-state index in [1.807, 2.05) is 13.0 Å². The van der Waals surface area contributed by atoms with Crippen molar-refractivity contribution in [3.05, 3.63) is 35.5 Å². The van der Waals surface area contributed by atoms with Gasteiger partial charge in [-0.3, -0.25) is 9.59 Å². The number of carbonyl (C=O) groups excluding carboxylic acids is 3. The van der Waals surface area contributed by atoms with E-state index >= 15 is 0 Å². The van der Waals surface area contributed by atoms with Crippen molar-refractivity contribution in [3.63, 3.8) is 0 Å². The van der Waals surface area contributed by atoms with Gasteiger partial charge in [-0.1, -0.05) is 32.1 Å². The van der Waals surface area contributed by atoms with E-state index in [2.05, 4.69) is 6.58 Å². The molecule has 1 heterocycles. The normalized spacial score (nSPS) is 33.4. The molecule has 0 radical (unpaired) electrons. The molecule has 1 aliphatic carbocycles. The molecule has 0 aromatic rings. The molecule has 0 bridgehead atoms. The number of methoxy groups -OCH3 is 1. The zero-order valence-electron chi connectivity index (χ0n) is 15.7. The third-order valence-corrected chi connectivity index (χ3v) is 4.72. The average molecular weight is 362 g/mol. The average Bonchev–Trinajstić information content (AvgIpc) is 2.86. The number of hydrogen-bond donors (Lipinski definition) is 0. The number of fused-ring (bicyclic) bond motifs is 1. The van der Waals surface area contributed by atoms with Crippen molar-refractivity contribution >= 4 is 18.2 Å². The first kappa shape index (κ1) is 20.1. The molecule has 4 atom stereocenters. The summed E-state index contributed by atoms with van der Waals surface area (Å²) < 4.78 is 16.7. The van der Waals surface area contributed by atoms with Crippen LogP contribution >= 0.6 is 0 Å².